The second kappa shape index (κ2) is 4.53. The van der Waals surface area contributed by atoms with E-state index in [4.69, 9.17) is 0 Å². The van der Waals surface area contributed by atoms with Gasteiger partial charge in [0.15, 0.2) is 0 Å². The number of hydrogen-bond acceptors (Lipinski definition) is 2. The molecule has 1 saturated heterocycles. The lowest BCUT2D eigenvalue weighted by molar-refractivity contribution is -0.122. The molecule has 1 heterocycles. The zero-order valence-corrected chi connectivity index (χ0v) is 9.42. The van der Waals surface area contributed by atoms with Gasteiger partial charge in [-0.15, -0.1) is 0 Å². The molecule has 1 aromatic rings. The second-order valence-corrected chi connectivity index (χ2v) is 4.06. The van der Waals surface area contributed by atoms with Crippen molar-refractivity contribution < 1.29 is 14.0 Å². The predicted molar refractivity (Wildman–Crippen MR) is 60.9 cm³/mol. The highest BCUT2D eigenvalue weighted by atomic mass is 19.1. The van der Waals surface area contributed by atoms with Crippen LogP contribution in [0.3, 0.4) is 0 Å². The van der Waals surface area contributed by atoms with Crippen molar-refractivity contribution in [1.29, 1.82) is 0 Å². The predicted octanol–water partition coefficient (Wildman–Crippen LogP) is 1.35. The summed E-state index contributed by atoms with van der Waals surface area (Å²) in [4.78, 5) is 22.8. The standard InChI is InChI=1S/C12H13FN2O2/c1-7-8(13)3-2-4-9(7)15-12(17)10-5-6-11(16)14-10/h2-4,10H,5-6H2,1H3,(H,14,16)(H,15,17)/t10-/m0/s1. The van der Waals surface area contributed by atoms with Crippen LogP contribution < -0.4 is 10.6 Å². The van der Waals surface area contributed by atoms with Gasteiger partial charge in [-0.2, -0.15) is 0 Å². The average Bonchev–Trinajstić information content (AvgIpc) is 2.72. The van der Waals surface area contributed by atoms with E-state index in [0.29, 0.717) is 24.1 Å². The fourth-order valence-electron chi connectivity index (χ4n) is 1.77. The van der Waals surface area contributed by atoms with Crippen molar-refractivity contribution in [2.75, 3.05) is 5.32 Å². The molecule has 0 saturated carbocycles. The second-order valence-electron chi connectivity index (χ2n) is 4.06. The number of anilines is 1. The van der Waals surface area contributed by atoms with Gasteiger partial charge in [0, 0.05) is 17.7 Å². The maximum atomic E-state index is 13.2. The van der Waals surface area contributed by atoms with E-state index >= 15 is 0 Å². The number of halogens is 1. The summed E-state index contributed by atoms with van der Waals surface area (Å²) in [5.74, 6) is -0.788. The first-order chi connectivity index (χ1) is 8.08. The van der Waals surface area contributed by atoms with Crippen LogP contribution in [-0.2, 0) is 9.59 Å². The number of hydrogen-bond donors (Lipinski definition) is 2. The van der Waals surface area contributed by atoms with Crippen LogP contribution in [0, 0.1) is 12.7 Å². The summed E-state index contributed by atoms with van der Waals surface area (Å²) in [7, 11) is 0. The molecule has 1 aromatic carbocycles. The highest BCUT2D eigenvalue weighted by Crippen LogP contribution is 2.18. The molecular weight excluding hydrogens is 223 g/mol. The van der Waals surface area contributed by atoms with Crippen LogP contribution in [0.5, 0.6) is 0 Å². The Balaban J connectivity index is 2.08. The van der Waals surface area contributed by atoms with Gasteiger partial charge in [0.25, 0.3) is 0 Å². The van der Waals surface area contributed by atoms with Crippen molar-refractivity contribution in [2.45, 2.75) is 25.8 Å². The topological polar surface area (TPSA) is 58.2 Å². The Morgan fingerprint density at radius 1 is 1.53 bits per heavy atom. The van der Waals surface area contributed by atoms with Gasteiger partial charge in [-0.3, -0.25) is 9.59 Å². The van der Waals surface area contributed by atoms with E-state index in [1.165, 1.54) is 12.1 Å². The summed E-state index contributed by atoms with van der Waals surface area (Å²) in [5, 5.41) is 5.18. The average molecular weight is 236 g/mol. The van der Waals surface area contributed by atoms with Gasteiger partial charge >= 0.3 is 0 Å². The van der Waals surface area contributed by atoms with Crippen molar-refractivity contribution in [1.82, 2.24) is 5.32 Å². The molecule has 2 amide bonds. The Morgan fingerprint density at radius 2 is 2.29 bits per heavy atom. The van der Waals surface area contributed by atoms with E-state index < -0.39 is 6.04 Å². The van der Waals surface area contributed by atoms with Crippen molar-refractivity contribution in [3.8, 4) is 0 Å². The first-order valence-corrected chi connectivity index (χ1v) is 5.43. The van der Waals surface area contributed by atoms with E-state index in [2.05, 4.69) is 10.6 Å². The third-order valence-electron chi connectivity index (χ3n) is 2.84. The quantitative estimate of drug-likeness (QED) is 0.814. The zero-order chi connectivity index (χ0) is 12.4. The van der Waals surface area contributed by atoms with Crippen LogP contribution in [0.4, 0.5) is 10.1 Å². The highest BCUT2D eigenvalue weighted by molar-refractivity contribution is 5.99. The van der Waals surface area contributed by atoms with Gasteiger partial charge in [-0.25, -0.2) is 4.39 Å². The third kappa shape index (κ3) is 2.43. The Morgan fingerprint density at radius 3 is 2.94 bits per heavy atom. The molecule has 0 aliphatic carbocycles. The molecule has 1 fully saturated rings. The van der Waals surface area contributed by atoms with E-state index in [1.807, 2.05) is 0 Å². The molecular formula is C12H13FN2O2. The van der Waals surface area contributed by atoms with Gasteiger partial charge in [-0.05, 0) is 25.5 Å². The largest absolute Gasteiger partial charge is 0.344 e. The minimum atomic E-state index is -0.509. The number of nitrogens with one attached hydrogen (secondary N) is 2. The molecule has 2 N–H and O–H groups in total. The number of rotatable bonds is 2. The summed E-state index contributed by atoms with van der Waals surface area (Å²) in [6, 6.07) is 3.99. The summed E-state index contributed by atoms with van der Waals surface area (Å²) >= 11 is 0. The van der Waals surface area contributed by atoms with Crippen LogP contribution in [0.15, 0.2) is 18.2 Å². The fourth-order valence-corrected chi connectivity index (χ4v) is 1.77. The van der Waals surface area contributed by atoms with Crippen molar-refractivity contribution >= 4 is 17.5 Å². The Hall–Kier alpha value is -1.91. The molecule has 1 aliphatic rings. The molecule has 0 aromatic heterocycles. The highest BCUT2D eigenvalue weighted by Gasteiger charge is 2.27. The number of benzene rings is 1. The molecule has 0 bridgehead atoms. The summed E-state index contributed by atoms with van der Waals surface area (Å²) in [5.41, 5.74) is 0.835. The fraction of sp³-hybridized carbons (Fsp3) is 0.333. The minimum Gasteiger partial charge on any atom is -0.344 e. The lowest BCUT2D eigenvalue weighted by atomic mass is 10.1. The molecule has 0 unspecified atom stereocenters. The van der Waals surface area contributed by atoms with Gasteiger partial charge < -0.3 is 10.6 Å². The summed E-state index contributed by atoms with van der Waals surface area (Å²) < 4.78 is 13.2. The van der Waals surface area contributed by atoms with Crippen molar-refractivity contribution in [3.63, 3.8) is 0 Å². The smallest absolute Gasteiger partial charge is 0.246 e. The zero-order valence-electron chi connectivity index (χ0n) is 9.42. The molecule has 1 atom stereocenters. The molecule has 5 heteroatoms. The maximum Gasteiger partial charge on any atom is 0.246 e. The lowest BCUT2D eigenvalue weighted by Gasteiger charge is -2.12. The molecule has 0 radical (unpaired) electrons. The summed E-state index contributed by atoms with van der Waals surface area (Å²) in [6.07, 6.45) is 0.846. The molecule has 4 nitrogen and oxygen atoms in total. The Kier molecular flexibility index (Phi) is 3.08. The van der Waals surface area contributed by atoms with Gasteiger partial charge in [-0.1, -0.05) is 6.07 Å². The van der Waals surface area contributed by atoms with Crippen LogP contribution in [0.1, 0.15) is 18.4 Å². The van der Waals surface area contributed by atoms with Crippen LogP contribution >= 0.6 is 0 Å². The Labute approximate surface area is 98.2 Å². The van der Waals surface area contributed by atoms with E-state index in [9.17, 15) is 14.0 Å². The minimum absolute atomic E-state index is 0.124. The van der Waals surface area contributed by atoms with Gasteiger partial charge in [0.2, 0.25) is 11.8 Å². The SMILES string of the molecule is Cc1c(F)cccc1NC(=O)[C@@H]1CCC(=O)N1. The van der Waals surface area contributed by atoms with Crippen LogP contribution in [0.2, 0.25) is 0 Å². The van der Waals surface area contributed by atoms with E-state index in [-0.39, 0.29) is 17.6 Å². The van der Waals surface area contributed by atoms with Gasteiger partial charge in [0.1, 0.15) is 11.9 Å². The van der Waals surface area contributed by atoms with Crippen molar-refractivity contribution in [2.24, 2.45) is 0 Å². The van der Waals surface area contributed by atoms with E-state index in [1.54, 1.807) is 13.0 Å². The number of carbonyl (C=O) groups excluding carboxylic acids is 2. The molecule has 2 rings (SSSR count). The molecule has 1 aliphatic heterocycles. The maximum absolute atomic E-state index is 13.2. The third-order valence-corrected chi connectivity index (χ3v) is 2.84. The van der Waals surface area contributed by atoms with E-state index in [0.717, 1.165) is 0 Å². The number of amides is 2. The first-order valence-electron chi connectivity index (χ1n) is 5.43. The number of carbonyl (C=O) groups is 2. The van der Waals surface area contributed by atoms with Crippen LogP contribution in [0.25, 0.3) is 0 Å². The van der Waals surface area contributed by atoms with Crippen molar-refractivity contribution in [3.05, 3.63) is 29.6 Å². The first kappa shape index (κ1) is 11.6. The monoisotopic (exact) mass is 236 g/mol. The van der Waals surface area contributed by atoms with Gasteiger partial charge in [0.05, 0.1) is 0 Å². The van der Waals surface area contributed by atoms with Crippen LogP contribution in [-0.4, -0.2) is 17.9 Å². The lowest BCUT2D eigenvalue weighted by Crippen LogP contribution is -2.37. The summed E-state index contributed by atoms with van der Waals surface area (Å²) in [6.45, 7) is 1.60. The Bertz CT molecular complexity index is 474. The molecule has 90 valence electrons. The molecule has 17 heavy (non-hydrogen) atoms. The molecule has 0 spiro atoms. The normalized spacial score (nSPS) is 18.9.